The minimum absolute atomic E-state index is 0.235. The molecule has 0 bridgehead atoms. The lowest BCUT2D eigenvalue weighted by molar-refractivity contribution is 0.751. The first-order valence-corrected chi connectivity index (χ1v) is 5.58. The van der Waals surface area contributed by atoms with Crippen LogP contribution in [-0.2, 0) is 0 Å². The van der Waals surface area contributed by atoms with E-state index < -0.39 is 0 Å². The first-order chi connectivity index (χ1) is 7.69. The lowest BCUT2D eigenvalue weighted by Gasteiger charge is -2.17. The number of hydrogen-bond donors (Lipinski definition) is 3. The molecule has 0 aromatic carbocycles. The lowest BCUT2D eigenvalue weighted by atomic mass is 10.3. The van der Waals surface area contributed by atoms with Crippen molar-refractivity contribution in [3.8, 4) is 0 Å². The number of aromatic nitrogens is 2. The Morgan fingerprint density at radius 3 is 3.00 bits per heavy atom. The van der Waals surface area contributed by atoms with Crippen molar-refractivity contribution in [1.29, 1.82) is 0 Å². The third kappa shape index (κ3) is 2.33. The number of nitrogens with one attached hydrogen (secondary N) is 1. The van der Waals surface area contributed by atoms with Gasteiger partial charge in [-0.3, -0.25) is 0 Å². The summed E-state index contributed by atoms with van der Waals surface area (Å²) in [5.74, 6) is 1.93. The van der Waals surface area contributed by atoms with E-state index in [1.807, 2.05) is 13.0 Å². The number of nitrogen functional groups attached to an aromatic ring is 1. The molecule has 2 rings (SSSR count). The molecule has 88 valence electrons. The molecule has 1 atom stereocenters. The van der Waals surface area contributed by atoms with E-state index in [4.69, 9.17) is 11.5 Å². The molecule has 0 unspecified atom stereocenters. The minimum atomic E-state index is 0.235. The summed E-state index contributed by atoms with van der Waals surface area (Å²) < 4.78 is 0. The van der Waals surface area contributed by atoms with Crippen molar-refractivity contribution in [1.82, 2.24) is 9.97 Å². The summed E-state index contributed by atoms with van der Waals surface area (Å²) in [4.78, 5) is 10.5. The summed E-state index contributed by atoms with van der Waals surface area (Å²) in [5, 5.41) is 3.13. The Balaban J connectivity index is 2.20. The fraction of sp³-hybridized carbons (Fsp3) is 0.600. The normalized spacial score (nSPS) is 20.1. The SMILES string of the molecule is CCNc1cc(N2CC[C@@H](N)C2)nc(N)n1. The van der Waals surface area contributed by atoms with E-state index in [-0.39, 0.29) is 6.04 Å². The summed E-state index contributed by atoms with van der Waals surface area (Å²) in [6, 6.07) is 2.15. The van der Waals surface area contributed by atoms with Gasteiger partial charge < -0.3 is 21.7 Å². The third-order valence-corrected chi connectivity index (χ3v) is 2.64. The molecule has 1 fully saturated rings. The molecule has 0 saturated carbocycles. The molecule has 1 aliphatic rings. The number of nitrogens with zero attached hydrogens (tertiary/aromatic N) is 3. The molecular weight excluding hydrogens is 204 g/mol. The molecule has 0 spiro atoms. The standard InChI is InChI=1S/C10H18N6/c1-2-13-8-5-9(15-10(12)14-8)16-4-3-7(11)6-16/h5,7H,2-4,6,11H2,1H3,(H3,12,13,14,15)/t7-/m1/s1. The van der Waals surface area contributed by atoms with Gasteiger partial charge in [-0.1, -0.05) is 0 Å². The highest BCUT2D eigenvalue weighted by molar-refractivity contribution is 5.53. The summed E-state index contributed by atoms with van der Waals surface area (Å²) in [6.45, 7) is 4.60. The highest BCUT2D eigenvalue weighted by Gasteiger charge is 2.21. The van der Waals surface area contributed by atoms with Crippen molar-refractivity contribution in [3.63, 3.8) is 0 Å². The second kappa shape index (κ2) is 4.52. The largest absolute Gasteiger partial charge is 0.370 e. The second-order valence-electron chi connectivity index (χ2n) is 3.99. The van der Waals surface area contributed by atoms with Gasteiger partial charge in [-0.25, -0.2) is 0 Å². The average molecular weight is 222 g/mol. The highest BCUT2D eigenvalue weighted by Crippen LogP contribution is 2.20. The van der Waals surface area contributed by atoms with Crippen LogP contribution in [0.1, 0.15) is 13.3 Å². The molecule has 16 heavy (non-hydrogen) atoms. The zero-order valence-corrected chi connectivity index (χ0v) is 9.48. The van der Waals surface area contributed by atoms with Gasteiger partial charge in [0.1, 0.15) is 11.6 Å². The van der Waals surface area contributed by atoms with Gasteiger partial charge in [-0.15, -0.1) is 0 Å². The van der Waals surface area contributed by atoms with Gasteiger partial charge >= 0.3 is 0 Å². The fourth-order valence-corrected chi connectivity index (χ4v) is 1.88. The average Bonchev–Trinajstić information content (AvgIpc) is 2.64. The highest BCUT2D eigenvalue weighted by atomic mass is 15.2. The van der Waals surface area contributed by atoms with Crippen molar-refractivity contribution in [2.24, 2.45) is 5.73 Å². The van der Waals surface area contributed by atoms with E-state index in [0.29, 0.717) is 5.95 Å². The van der Waals surface area contributed by atoms with Crippen molar-refractivity contribution in [3.05, 3.63) is 6.07 Å². The number of anilines is 3. The Labute approximate surface area is 95.0 Å². The van der Waals surface area contributed by atoms with Crippen LogP contribution >= 0.6 is 0 Å². The summed E-state index contributed by atoms with van der Waals surface area (Å²) in [6.07, 6.45) is 1.00. The van der Waals surface area contributed by atoms with E-state index in [0.717, 1.165) is 37.7 Å². The van der Waals surface area contributed by atoms with Crippen LogP contribution in [-0.4, -0.2) is 35.6 Å². The lowest BCUT2D eigenvalue weighted by Crippen LogP contribution is -2.27. The van der Waals surface area contributed by atoms with Gasteiger partial charge in [0, 0.05) is 31.7 Å². The van der Waals surface area contributed by atoms with Gasteiger partial charge in [0.15, 0.2) is 0 Å². The predicted octanol–water partition coefficient (Wildman–Crippen LogP) is 0.0280. The van der Waals surface area contributed by atoms with Crippen molar-refractivity contribution in [2.75, 3.05) is 35.6 Å². The van der Waals surface area contributed by atoms with Crippen LogP contribution < -0.4 is 21.7 Å². The maximum absolute atomic E-state index is 5.87. The Hall–Kier alpha value is -1.56. The number of hydrogen-bond acceptors (Lipinski definition) is 6. The molecule has 1 aromatic rings. The van der Waals surface area contributed by atoms with E-state index in [1.54, 1.807) is 0 Å². The Kier molecular flexibility index (Phi) is 3.09. The van der Waals surface area contributed by atoms with E-state index >= 15 is 0 Å². The van der Waals surface area contributed by atoms with E-state index in [2.05, 4.69) is 20.2 Å². The summed E-state index contributed by atoms with van der Waals surface area (Å²) in [5.41, 5.74) is 11.5. The topological polar surface area (TPSA) is 93.1 Å². The van der Waals surface area contributed by atoms with Crippen LogP contribution in [0.2, 0.25) is 0 Å². The maximum Gasteiger partial charge on any atom is 0.223 e. The number of rotatable bonds is 3. The molecule has 0 radical (unpaired) electrons. The molecule has 0 amide bonds. The van der Waals surface area contributed by atoms with Crippen LogP contribution in [0.5, 0.6) is 0 Å². The molecule has 1 aromatic heterocycles. The van der Waals surface area contributed by atoms with E-state index in [9.17, 15) is 0 Å². The van der Waals surface area contributed by atoms with Gasteiger partial charge in [0.25, 0.3) is 0 Å². The zero-order valence-electron chi connectivity index (χ0n) is 9.48. The Morgan fingerprint density at radius 2 is 2.38 bits per heavy atom. The number of nitrogens with two attached hydrogens (primary N) is 2. The minimum Gasteiger partial charge on any atom is -0.370 e. The Bertz CT molecular complexity index is 366. The fourth-order valence-electron chi connectivity index (χ4n) is 1.88. The summed E-state index contributed by atoms with van der Waals surface area (Å²) in [7, 11) is 0. The maximum atomic E-state index is 5.87. The van der Waals surface area contributed by atoms with Gasteiger partial charge in [0.05, 0.1) is 0 Å². The van der Waals surface area contributed by atoms with Gasteiger partial charge in [-0.2, -0.15) is 9.97 Å². The summed E-state index contributed by atoms with van der Waals surface area (Å²) >= 11 is 0. The molecule has 1 aliphatic heterocycles. The first-order valence-electron chi connectivity index (χ1n) is 5.58. The van der Waals surface area contributed by atoms with Gasteiger partial charge in [-0.05, 0) is 13.3 Å². The van der Waals surface area contributed by atoms with Gasteiger partial charge in [0.2, 0.25) is 5.95 Å². The molecule has 0 aliphatic carbocycles. The molecule has 6 nitrogen and oxygen atoms in total. The monoisotopic (exact) mass is 222 g/mol. The zero-order chi connectivity index (χ0) is 11.5. The molecule has 2 heterocycles. The van der Waals surface area contributed by atoms with Crippen molar-refractivity contribution >= 4 is 17.6 Å². The molecular formula is C10H18N6. The molecule has 1 saturated heterocycles. The molecule has 6 heteroatoms. The van der Waals surface area contributed by atoms with Crippen LogP contribution in [0.3, 0.4) is 0 Å². The van der Waals surface area contributed by atoms with Crippen LogP contribution in [0.25, 0.3) is 0 Å². The van der Waals surface area contributed by atoms with Crippen molar-refractivity contribution in [2.45, 2.75) is 19.4 Å². The predicted molar refractivity (Wildman–Crippen MR) is 65.4 cm³/mol. The van der Waals surface area contributed by atoms with Crippen LogP contribution in [0.4, 0.5) is 17.6 Å². The quantitative estimate of drug-likeness (QED) is 0.668. The molecule has 5 N–H and O–H groups in total. The van der Waals surface area contributed by atoms with Crippen LogP contribution in [0, 0.1) is 0 Å². The second-order valence-corrected chi connectivity index (χ2v) is 3.99. The Morgan fingerprint density at radius 1 is 1.56 bits per heavy atom. The third-order valence-electron chi connectivity index (χ3n) is 2.64. The van der Waals surface area contributed by atoms with Crippen LogP contribution in [0.15, 0.2) is 6.07 Å². The van der Waals surface area contributed by atoms with Crippen molar-refractivity contribution < 1.29 is 0 Å². The smallest absolute Gasteiger partial charge is 0.223 e. The van der Waals surface area contributed by atoms with E-state index in [1.165, 1.54) is 0 Å². The first kappa shape index (κ1) is 10.9.